The zero-order chi connectivity index (χ0) is 26.2. The number of likely N-dealkylation sites (tertiary alicyclic amines) is 1. The molecule has 0 aliphatic carbocycles. The van der Waals surface area contributed by atoms with E-state index in [1.54, 1.807) is 18.0 Å². The second kappa shape index (κ2) is 10.1. The maximum absolute atomic E-state index is 14.3. The fourth-order valence-electron chi connectivity index (χ4n) is 5.79. The summed E-state index contributed by atoms with van der Waals surface area (Å²) in [7, 11) is 3.81. The molecule has 1 unspecified atom stereocenters. The Hall–Kier alpha value is -3.13. The fraction of sp³-hybridized carbons (Fsp3) is 0.536. The van der Waals surface area contributed by atoms with E-state index in [4.69, 9.17) is 15.2 Å². The number of hydrogen-bond donors (Lipinski definition) is 1. The summed E-state index contributed by atoms with van der Waals surface area (Å²) < 4.78 is 11.7. The molecule has 36 heavy (non-hydrogen) atoms. The number of pyridine rings is 1. The Morgan fingerprint density at radius 1 is 1.19 bits per heavy atom. The number of anilines is 1. The third-order valence-electron chi connectivity index (χ3n) is 7.25. The first-order valence-corrected chi connectivity index (χ1v) is 12.7. The first-order chi connectivity index (χ1) is 17.1. The molecule has 8 nitrogen and oxygen atoms in total. The Labute approximate surface area is 213 Å². The molecule has 1 aromatic heterocycles. The van der Waals surface area contributed by atoms with Crippen LogP contribution < -0.4 is 15.4 Å². The maximum atomic E-state index is 14.3. The van der Waals surface area contributed by atoms with E-state index < -0.39 is 30.2 Å². The van der Waals surface area contributed by atoms with Crippen molar-refractivity contribution in [2.24, 2.45) is 17.1 Å². The molecular formula is C28H38N4O4. The number of carbonyl (C=O) groups excluding carboxylic acids is 2. The topological polar surface area (TPSA) is 98.0 Å². The molecule has 0 bridgehead atoms. The maximum Gasteiger partial charge on any atom is 0.329 e. The van der Waals surface area contributed by atoms with Crippen molar-refractivity contribution in [3.05, 3.63) is 53.7 Å². The first kappa shape index (κ1) is 25.9. The number of carbonyl (C=O) groups is 2. The van der Waals surface area contributed by atoms with Gasteiger partial charge in [0.2, 0.25) is 0 Å². The van der Waals surface area contributed by atoms with Crippen LogP contribution >= 0.6 is 0 Å². The number of esters is 1. The lowest BCUT2D eigenvalue weighted by Gasteiger charge is -2.37. The lowest BCUT2D eigenvalue weighted by molar-refractivity contribution is -0.159. The molecule has 1 saturated heterocycles. The Kier molecular flexibility index (Phi) is 7.27. The van der Waals surface area contributed by atoms with Gasteiger partial charge in [-0.3, -0.25) is 4.79 Å². The molecule has 0 saturated carbocycles. The van der Waals surface area contributed by atoms with Gasteiger partial charge in [0.15, 0.2) is 6.10 Å². The number of ether oxygens (including phenoxy) is 2. The predicted octanol–water partition coefficient (Wildman–Crippen LogP) is 3.35. The van der Waals surface area contributed by atoms with E-state index in [0.717, 1.165) is 17.5 Å². The van der Waals surface area contributed by atoms with Crippen LogP contribution in [-0.2, 0) is 20.7 Å². The number of amides is 1. The number of benzene rings is 1. The van der Waals surface area contributed by atoms with Gasteiger partial charge in [-0.2, -0.15) is 0 Å². The van der Waals surface area contributed by atoms with Gasteiger partial charge in [0.05, 0.1) is 12.6 Å². The van der Waals surface area contributed by atoms with Crippen molar-refractivity contribution in [3.63, 3.8) is 0 Å². The quantitative estimate of drug-likeness (QED) is 0.637. The zero-order valence-corrected chi connectivity index (χ0v) is 22.1. The molecule has 0 radical (unpaired) electrons. The molecule has 2 N–H and O–H groups in total. The van der Waals surface area contributed by atoms with Gasteiger partial charge in [0.25, 0.3) is 5.91 Å². The molecule has 2 aliphatic heterocycles. The number of rotatable bonds is 5. The van der Waals surface area contributed by atoms with Crippen molar-refractivity contribution in [1.29, 1.82) is 0 Å². The number of aryl methyl sites for hydroxylation is 1. The largest absolute Gasteiger partial charge is 0.480 e. The molecule has 2 aromatic rings. The summed E-state index contributed by atoms with van der Waals surface area (Å²) in [4.78, 5) is 35.9. The predicted molar refractivity (Wildman–Crippen MR) is 139 cm³/mol. The van der Waals surface area contributed by atoms with E-state index >= 15 is 0 Å². The monoisotopic (exact) mass is 494 g/mol. The lowest BCUT2D eigenvalue weighted by atomic mass is 9.73. The van der Waals surface area contributed by atoms with Crippen LogP contribution in [0.1, 0.15) is 51.3 Å². The summed E-state index contributed by atoms with van der Waals surface area (Å²) >= 11 is 0. The van der Waals surface area contributed by atoms with Gasteiger partial charge < -0.3 is 25.0 Å². The highest BCUT2D eigenvalue weighted by Gasteiger charge is 2.58. The molecule has 4 rings (SSSR count). The van der Waals surface area contributed by atoms with Crippen LogP contribution in [0.25, 0.3) is 0 Å². The van der Waals surface area contributed by atoms with Gasteiger partial charge in [0, 0.05) is 37.8 Å². The Morgan fingerprint density at radius 3 is 2.58 bits per heavy atom. The molecule has 1 fully saturated rings. The highest BCUT2D eigenvalue weighted by Crippen LogP contribution is 2.49. The van der Waals surface area contributed by atoms with Crippen molar-refractivity contribution in [2.75, 3.05) is 25.6 Å². The molecular weight excluding hydrogens is 456 g/mol. The molecule has 194 valence electrons. The van der Waals surface area contributed by atoms with Crippen molar-refractivity contribution in [1.82, 2.24) is 9.88 Å². The Morgan fingerprint density at radius 2 is 1.92 bits per heavy atom. The van der Waals surface area contributed by atoms with Crippen molar-refractivity contribution in [3.8, 4) is 5.75 Å². The third kappa shape index (κ3) is 4.66. The van der Waals surface area contributed by atoms with Gasteiger partial charge in [-0.15, -0.1) is 0 Å². The summed E-state index contributed by atoms with van der Waals surface area (Å²) in [5, 5.41) is 0. The number of nitrogens with two attached hydrogens (primary N) is 1. The molecule has 0 spiro atoms. The van der Waals surface area contributed by atoms with Gasteiger partial charge in [0.1, 0.15) is 17.6 Å². The average Bonchev–Trinajstić information content (AvgIpc) is 3.16. The minimum atomic E-state index is -0.839. The van der Waals surface area contributed by atoms with Crippen LogP contribution in [0.5, 0.6) is 5.75 Å². The standard InChI is InChI=1S/C28H38N4O4/c1-7-35-27(34)24-21(28(2,3)4)22(29)23(18-12-10-16-30-25(18)31(5)6)32(24)26(33)20-15-14-17-11-8-9-13-19(17)36-20/h8-13,16,20-24H,7,14-15,29H2,1-6H3/t20?,21-,22-,23-,24-/m0/s1. The number of nitrogens with zero attached hydrogens (tertiary/aromatic N) is 3. The second-order valence-corrected chi connectivity index (χ2v) is 10.9. The van der Waals surface area contributed by atoms with E-state index in [-0.39, 0.29) is 23.8 Å². The third-order valence-corrected chi connectivity index (χ3v) is 7.25. The van der Waals surface area contributed by atoms with Crippen LogP contribution in [0.2, 0.25) is 0 Å². The normalized spacial score (nSPS) is 25.6. The zero-order valence-electron chi connectivity index (χ0n) is 22.1. The molecule has 5 atom stereocenters. The summed E-state index contributed by atoms with van der Waals surface area (Å²) in [5.41, 5.74) is 8.49. The lowest BCUT2D eigenvalue weighted by Crippen LogP contribution is -2.52. The van der Waals surface area contributed by atoms with E-state index in [1.807, 2.05) is 55.4 Å². The highest BCUT2D eigenvalue weighted by atomic mass is 16.5. The van der Waals surface area contributed by atoms with Gasteiger partial charge in [-0.05, 0) is 42.9 Å². The van der Waals surface area contributed by atoms with Gasteiger partial charge >= 0.3 is 5.97 Å². The van der Waals surface area contributed by atoms with Crippen molar-refractivity contribution < 1.29 is 19.1 Å². The van der Waals surface area contributed by atoms with Crippen molar-refractivity contribution in [2.45, 2.75) is 64.8 Å². The smallest absolute Gasteiger partial charge is 0.329 e. The molecule has 1 aromatic carbocycles. The van der Waals surface area contributed by atoms with Crippen LogP contribution in [-0.4, -0.2) is 60.7 Å². The average molecular weight is 495 g/mol. The molecule has 2 aliphatic rings. The van der Waals surface area contributed by atoms with Crippen LogP contribution in [0, 0.1) is 11.3 Å². The van der Waals surface area contributed by atoms with Gasteiger partial charge in [-0.25, -0.2) is 9.78 Å². The van der Waals surface area contributed by atoms with E-state index in [0.29, 0.717) is 18.0 Å². The molecule has 3 heterocycles. The number of fused-ring (bicyclic) bond motifs is 1. The van der Waals surface area contributed by atoms with E-state index in [1.165, 1.54) is 0 Å². The Bertz CT molecular complexity index is 1110. The van der Waals surface area contributed by atoms with Crippen molar-refractivity contribution >= 4 is 17.7 Å². The minimum Gasteiger partial charge on any atom is -0.480 e. The van der Waals surface area contributed by atoms with Crippen LogP contribution in [0.4, 0.5) is 5.82 Å². The number of hydrogen-bond acceptors (Lipinski definition) is 7. The fourth-order valence-corrected chi connectivity index (χ4v) is 5.79. The van der Waals surface area contributed by atoms with Crippen LogP contribution in [0.15, 0.2) is 42.6 Å². The summed E-state index contributed by atoms with van der Waals surface area (Å²) in [5.74, 6) is 0.399. The summed E-state index contributed by atoms with van der Waals surface area (Å²) in [6.07, 6.45) is 2.25. The number of aromatic nitrogens is 1. The summed E-state index contributed by atoms with van der Waals surface area (Å²) in [6, 6.07) is 9.63. The summed E-state index contributed by atoms with van der Waals surface area (Å²) in [6.45, 7) is 8.15. The molecule has 1 amide bonds. The van der Waals surface area contributed by atoms with Crippen LogP contribution in [0.3, 0.4) is 0 Å². The second-order valence-electron chi connectivity index (χ2n) is 10.9. The first-order valence-electron chi connectivity index (χ1n) is 12.7. The van der Waals surface area contributed by atoms with Gasteiger partial charge in [-0.1, -0.05) is 45.0 Å². The number of para-hydroxylation sites is 1. The van der Waals surface area contributed by atoms with E-state index in [9.17, 15) is 9.59 Å². The minimum absolute atomic E-state index is 0.220. The highest BCUT2D eigenvalue weighted by molar-refractivity contribution is 5.89. The Balaban J connectivity index is 1.84. The molecule has 8 heteroatoms. The SMILES string of the molecule is CCOC(=O)[C@@H]1[C@@H](C(C)(C)C)[C@H](N)[C@H](c2cccnc2N(C)C)N1C(=O)C1CCc2ccccc2O1. The van der Waals surface area contributed by atoms with E-state index in [2.05, 4.69) is 25.8 Å².